The number of carbonyl (C=O) groups is 3. The zero-order valence-electron chi connectivity index (χ0n) is 47.5. The Morgan fingerprint density at radius 3 is 0.710 bits per heavy atom. The lowest BCUT2D eigenvalue weighted by Gasteiger charge is -2.18. The van der Waals surface area contributed by atoms with E-state index >= 15 is 0 Å². The van der Waals surface area contributed by atoms with Gasteiger partial charge in [0.05, 0.1) is 0 Å². The van der Waals surface area contributed by atoms with E-state index in [0.717, 1.165) is 69.6 Å². The van der Waals surface area contributed by atoms with E-state index in [1.54, 1.807) is 0 Å². The topological polar surface area (TPSA) is 78.9 Å². The van der Waals surface area contributed by atoms with Crippen molar-refractivity contribution >= 4 is 17.9 Å². The summed E-state index contributed by atoms with van der Waals surface area (Å²) in [4.78, 5) is 38.3. The molecule has 0 heterocycles. The van der Waals surface area contributed by atoms with E-state index in [9.17, 15) is 14.4 Å². The highest BCUT2D eigenvalue weighted by Crippen LogP contribution is 2.19. The molecule has 0 radical (unpaired) electrons. The quantitative estimate of drug-likeness (QED) is 0.0343. The van der Waals surface area contributed by atoms with Crippen molar-refractivity contribution in [1.29, 1.82) is 0 Å². The third kappa shape index (κ3) is 57.2. The minimum absolute atomic E-state index is 0.0622. The maximum Gasteiger partial charge on any atom is 0.306 e. The first-order valence-corrected chi connectivity index (χ1v) is 31.2. The van der Waals surface area contributed by atoms with Crippen LogP contribution in [0.3, 0.4) is 0 Å². The molecule has 410 valence electrons. The van der Waals surface area contributed by atoms with Crippen molar-refractivity contribution in [3.05, 3.63) is 0 Å². The molecule has 0 spiro atoms. The van der Waals surface area contributed by atoms with Crippen LogP contribution in [0.15, 0.2) is 0 Å². The fraction of sp³-hybridized carbons (Fsp3) is 0.952. The third-order valence-electron chi connectivity index (χ3n) is 14.5. The van der Waals surface area contributed by atoms with Crippen LogP contribution in [0.4, 0.5) is 0 Å². The lowest BCUT2D eigenvalue weighted by molar-refractivity contribution is -0.167. The van der Waals surface area contributed by atoms with E-state index in [2.05, 4.69) is 34.6 Å². The van der Waals surface area contributed by atoms with Gasteiger partial charge in [0.25, 0.3) is 0 Å². The van der Waals surface area contributed by atoms with Crippen molar-refractivity contribution in [2.45, 2.75) is 362 Å². The van der Waals surface area contributed by atoms with Crippen molar-refractivity contribution in [1.82, 2.24) is 0 Å². The first-order valence-electron chi connectivity index (χ1n) is 31.2. The highest BCUT2D eigenvalue weighted by atomic mass is 16.6. The van der Waals surface area contributed by atoms with Crippen LogP contribution in [0.25, 0.3) is 0 Å². The van der Waals surface area contributed by atoms with Crippen molar-refractivity contribution in [2.24, 2.45) is 11.8 Å². The summed E-state index contributed by atoms with van der Waals surface area (Å²) >= 11 is 0. The van der Waals surface area contributed by atoms with Gasteiger partial charge in [-0.3, -0.25) is 14.4 Å². The van der Waals surface area contributed by atoms with Crippen molar-refractivity contribution in [3.8, 4) is 0 Å². The normalized spacial score (nSPS) is 12.0. The molecule has 0 aliphatic rings. The summed E-state index contributed by atoms with van der Waals surface area (Å²) in [7, 11) is 0. The van der Waals surface area contributed by atoms with Gasteiger partial charge in [0.1, 0.15) is 13.2 Å². The Hall–Kier alpha value is -1.59. The summed E-state index contributed by atoms with van der Waals surface area (Å²) in [6.45, 7) is 11.4. The van der Waals surface area contributed by atoms with Gasteiger partial charge in [-0.2, -0.15) is 0 Å². The molecule has 6 heteroatoms. The van der Waals surface area contributed by atoms with E-state index in [0.29, 0.717) is 19.3 Å². The van der Waals surface area contributed by atoms with Crippen molar-refractivity contribution < 1.29 is 28.6 Å². The largest absolute Gasteiger partial charge is 0.462 e. The maximum absolute atomic E-state index is 12.9. The second-order valence-corrected chi connectivity index (χ2v) is 22.6. The van der Waals surface area contributed by atoms with Crippen LogP contribution in [0, 0.1) is 11.8 Å². The van der Waals surface area contributed by atoms with Crippen LogP contribution >= 0.6 is 0 Å². The standard InChI is InChI=1S/C63H122O6/c1-6-7-8-9-10-11-12-13-14-15-16-17-18-23-30-35-40-45-50-55-63(66)69-60(57-68-62(65)54-49-44-39-34-29-25-24-27-32-37-42-47-52-59(4)5)56-67-61(64)53-48-43-38-33-28-22-20-19-21-26-31-36-41-46-51-58(2)3/h58-60H,6-57H2,1-5H3/t60-/m1/s1. The first-order chi connectivity index (χ1) is 33.7. The molecule has 0 aliphatic heterocycles. The summed E-state index contributed by atoms with van der Waals surface area (Å²) in [5, 5.41) is 0. The van der Waals surface area contributed by atoms with Crippen molar-refractivity contribution in [3.63, 3.8) is 0 Å². The predicted molar refractivity (Wildman–Crippen MR) is 298 cm³/mol. The van der Waals surface area contributed by atoms with E-state index < -0.39 is 6.10 Å². The van der Waals surface area contributed by atoms with Crippen LogP contribution in [-0.4, -0.2) is 37.2 Å². The van der Waals surface area contributed by atoms with Gasteiger partial charge in [-0.05, 0) is 31.1 Å². The van der Waals surface area contributed by atoms with Gasteiger partial charge in [-0.25, -0.2) is 0 Å². The molecular weight excluding hydrogens is 853 g/mol. The molecule has 0 bridgehead atoms. The van der Waals surface area contributed by atoms with Gasteiger partial charge in [0.2, 0.25) is 0 Å². The molecule has 0 unspecified atom stereocenters. The Morgan fingerprint density at radius 1 is 0.275 bits per heavy atom. The average molecular weight is 976 g/mol. The summed E-state index contributed by atoms with van der Waals surface area (Å²) in [6.07, 6.45) is 61.0. The summed E-state index contributed by atoms with van der Waals surface area (Å²) in [6, 6.07) is 0. The Balaban J connectivity index is 4.29. The number of unbranched alkanes of at least 4 members (excludes halogenated alkanes) is 42. The van der Waals surface area contributed by atoms with E-state index in [4.69, 9.17) is 14.2 Å². The van der Waals surface area contributed by atoms with Gasteiger partial charge in [0, 0.05) is 19.3 Å². The molecule has 0 aromatic rings. The summed E-state index contributed by atoms with van der Waals surface area (Å²) < 4.78 is 16.9. The van der Waals surface area contributed by atoms with E-state index in [1.807, 2.05) is 0 Å². The van der Waals surface area contributed by atoms with Crippen LogP contribution in [0.1, 0.15) is 356 Å². The zero-order valence-corrected chi connectivity index (χ0v) is 47.5. The van der Waals surface area contributed by atoms with Crippen LogP contribution in [0.2, 0.25) is 0 Å². The fourth-order valence-electron chi connectivity index (χ4n) is 9.76. The number of carbonyl (C=O) groups excluding carboxylic acids is 3. The molecule has 0 aromatic heterocycles. The van der Waals surface area contributed by atoms with E-state index in [1.165, 1.54) is 244 Å². The molecule has 0 aliphatic carbocycles. The monoisotopic (exact) mass is 975 g/mol. The average Bonchev–Trinajstić information content (AvgIpc) is 3.32. The summed E-state index contributed by atoms with van der Waals surface area (Å²) in [5.41, 5.74) is 0. The Labute approximate surface area is 431 Å². The van der Waals surface area contributed by atoms with Crippen LogP contribution in [0.5, 0.6) is 0 Å². The van der Waals surface area contributed by atoms with Gasteiger partial charge in [0.15, 0.2) is 6.10 Å². The van der Waals surface area contributed by atoms with Crippen LogP contribution < -0.4 is 0 Å². The SMILES string of the molecule is CCCCCCCCCCCCCCCCCCCCCC(=O)O[C@H](COC(=O)CCCCCCCCCCCCCCCCC(C)C)COC(=O)CCCCCCCCCCCCCCC(C)C. The molecule has 0 N–H and O–H groups in total. The number of rotatable bonds is 57. The van der Waals surface area contributed by atoms with Gasteiger partial charge in [-0.1, -0.05) is 317 Å². The minimum Gasteiger partial charge on any atom is -0.462 e. The number of hydrogen-bond donors (Lipinski definition) is 0. The van der Waals surface area contributed by atoms with Gasteiger partial charge >= 0.3 is 17.9 Å². The number of hydrogen-bond acceptors (Lipinski definition) is 6. The molecule has 0 amide bonds. The molecule has 1 atom stereocenters. The lowest BCUT2D eigenvalue weighted by Crippen LogP contribution is -2.30. The Kier molecular flexibility index (Phi) is 54.4. The highest BCUT2D eigenvalue weighted by Gasteiger charge is 2.19. The van der Waals surface area contributed by atoms with E-state index in [-0.39, 0.29) is 31.1 Å². The Bertz CT molecular complexity index is 1060. The Morgan fingerprint density at radius 2 is 0.478 bits per heavy atom. The predicted octanol–water partition coefficient (Wildman–Crippen LogP) is 20.8. The molecule has 0 aromatic carbocycles. The third-order valence-corrected chi connectivity index (χ3v) is 14.5. The second-order valence-electron chi connectivity index (χ2n) is 22.6. The molecule has 69 heavy (non-hydrogen) atoms. The minimum atomic E-state index is -0.763. The molecule has 6 nitrogen and oxygen atoms in total. The highest BCUT2D eigenvalue weighted by molar-refractivity contribution is 5.71. The van der Waals surface area contributed by atoms with Crippen molar-refractivity contribution in [2.75, 3.05) is 13.2 Å². The first kappa shape index (κ1) is 67.4. The summed E-state index contributed by atoms with van der Waals surface area (Å²) in [5.74, 6) is 0.845. The number of ether oxygens (including phenoxy) is 3. The molecule has 0 fully saturated rings. The second kappa shape index (κ2) is 55.7. The number of esters is 3. The molecule has 0 rings (SSSR count). The zero-order chi connectivity index (χ0) is 50.4. The van der Waals surface area contributed by atoms with Gasteiger partial charge in [-0.15, -0.1) is 0 Å². The van der Waals surface area contributed by atoms with Gasteiger partial charge < -0.3 is 14.2 Å². The molecule has 0 saturated heterocycles. The molecule has 0 saturated carbocycles. The lowest BCUT2D eigenvalue weighted by atomic mass is 10.0. The smallest absolute Gasteiger partial charge is 0.306 e. The fourth-order valence-corrected chi connectivity index (χ4v) is 9.76. The van der Waals surface area contributed by atoms with Crippen LogP contribution in [-0.2, 0) is 28.6 Å². The maximum atomic E-state index is 12.9. The molecular formula is C63H122O6.